The van der Waals surface area contributed by atoms with Gasteiger partial charge >= 0.3 is 12.2 Å². The second kappa shape index (κ2) is 9.64. The maximum Gasteiger partial charge on any atom is 0.409 e. The number of benzene rings is 1. The summed E-state index contributed by atoms with van der Waals surface area (Å²) < 4.78 is 9.85. The van der Waals surface area contributed by atoms with E-state index in [1.165, 1.54) is 16.9 Å². The molecular formula is C17H27N3O4. The van der Waals surface area contributed by atoms with Gasteiger partial charge in [-0.05, 0) is 31.5 Å². The molecule has 24 heavy (non-hydrogen) atoms. The molecule has 2 amide bonds. The Morgan fingerprint density at radius 3 is 2.08 bits per heavy atom. The van der Waals surface area contributed by atoms with Gasteiger partial charge in [0.15, 0.2) is 0 Å². The molecule has 0 saturated heterocycles. The van der Waals surface area contributed by atoms with Gasteiger partial charge in [0, 0.05) is 38.9 Å². The Morgan fingerprint density at radius 1 is 1.04 bits per heavy atom. The lowest BCUT2D eigenvalue weighted by molar-refractivity contribution is 0.0975. The standard InChI is InChI=1S/C17H27N3O4/c1-13(2)18-15-8-6-14(7-9-15)12-24-17(22)20(4)11-10-19(3)16(21)23-5/h6-9,13,18H,10-12H2,1-5H3. The molecule has 134 valence electrons. The van der Waals surface area contributed by atoms with Gasteiger partial charge in [-0.15, -0.1) is 0 Å². The highest BCUT2D eigenvalue weighted by atomic mass is 16.6. The summed E-state index contributed by atoms with van der Waals surface area (Å²) in [4.78, 5) is 26.0. The molecule has 0 unspecified atom stereocenters. The van der Waals surface area contributed by atoms with Crippen LogP contribution in [0.15, 0.2) is 24.3 Å². The average Bonchev–Trinajstić information content (AvgIpc) is 2.57. The number of nitrogens with zero attached hydrogens (tertiary/aromatic N) is 2. The molecule has 1 aromatic carbocycles. The Hall–Kier alpha value is -2.44. The third-order valence-corrected chi connectivity index (χ3v) is 3.34. The Labute approximate surface area is 143 Å². The Bertz CT molecular complexity index is 531. The van der Waals surface area contributed by atoms with Crippen LogP contribution < -0.4 is 5.32 Å². The monoisotopic (exact) mass is 337 g/mol. The highest BCUT2D eigenvalue weighted by Crippen LogP contribution is 2.11. The van der Waals surface area contributed by atoms with Crippen molar-refractivity contribution in [2.24, 2.45) is 0 Å². The maximum absolute atomic E-state index is 11.9. The Kier molecular flexibility index (Phi) is 7.88. The van der Waals surface area contributed by atoms with Crippen molar-refractivity contribution in [3.05, 3.63) is 29.8 Å². The van der Waals surface area contributed by atoms with Crippen LogP contribution in [-0.2, 0) is 16.1 Å². The molecule has 7 nitrogen and oxygen atoms in total. The van der Waals surface area contributed by atoms with Crippen LogP contribution in [0.3, 0.4) is 0 Å². The second-order valence-corrected chi connectivity index (χ2v) is 5.86. The lowest BCUT2D eigenvalue weighted by Crippen LogP contribution is -2.37. The number of rotatable bonds is 7. The van der Waals surface area contributed by atoms with E-state index in [1.54, 1.807) is 14.1 Å². The summed E-state index contributed by atoms with van der Waals surface area (Å²) in [6.45, 7) is 5.08. The van der Waals surface area contributed by atoms with E-state index in [4.69, 9.17) is 4.74 Å². The van der Waals surface area contributed by atoms with Crippen LogP contribution in [-0.4, -0.2) is 62.3 Å². The van der Waals surface area contributed by atoms with Gasteiger partial charge in [-0.1, -0.05) is 12.1 Å². The smallest absolute Gasteiger partial charge is 0.409 e. The molecule has 0 aliphatic carbocycles. The third-order valence-electron chi connectivity index (χ3n) is 3.34. The Morgan fingerprint density at radius 2 is 1.58 bits per heavy atom. The first-order chi connectivity index (χ1) is 11.3. The van der Waals surface area contributed by atoms with Gasteiger partial charge < -0.3 is 24.6 Å². The van der Waals surface area contributed by atoms with Crippen molar-refractivity contribution in [3.63, 3.8) is 0 Å². The van der Waals surface area contributed by atoms with Crippen molar-refractivity contribution in [3.8, 4) is 0 Å². The minimum atomic E-state index is -0.438. The molecule has 0 fully saturated rings. The van der Waals surface area contributed by atoms with Crippen LogP contribution in [0.2, 0.25) is 0 Å². The molecule has 0 bridgehead atoms. The van der Waals surface area contributed by atoms with Crippen LogP contribution in [0.5, 0.6) is 0 Å². The van der Waals surface area contributed by atoms with Crippen molar-refractivity contribution in [2.75, 3.05) is 39.6 Å². The van der Waals surface area contributed by atoms with Crippen molar-refractivity contribution in [1.29, 1.82) is 0 Å². The topological polar surface area (TPSA) is 71.1 Å². The molecule has 0 aliphatic heterocycles. The predicted octanol–water partition coefficient (Wildman–Crippen LogP) is 2.77. The van der Waals surface area contributed by atoms with Gasteiger partial charge in [-0.2, -0.15) is 0 Å². The van der Waals surface area contributed by atoms with Gasteiger partial charge in [0.05, 0.1) is 7.11 Å². The fraction of sp³-hybridized carbons (Fsp3) is 0.529. The van der Waals surface area contributed by atoms with E-state index in [-0.39, 0.29) is 6.61 Å². The van der Waals surface area contributed by atoms with Crippen LogP contribution in [0, 0.1) is 0 Å². The minimum Gasteiger partial charge on any atom is -0.453 e. The van der Waals surface area contributed by atoms with E-state index < -0.39 is 12.2 Å². The summed E-state index contributed by atoms with van der Waals surface area (Å²) >= 11 is 0. The number of hydrogen-bond donors (Lipinski definition) is 1. The van der Waals surface area contributed by atoms with E-state index in [0.29, 0.717) is 19.1 Å². The van der Waals surface area contributed by atoms with Crippen LogP contribution in [0.25, 0.3) is 0 Å². The van der Waals surface area contributed by atoms with Crippen molar-refractivity contribution < 1.29 is 19.1 Å². The summed E-state index contributed by atoms with van der Waals surface area (Å²) in [5, 5.41) is 3.30. The molecule has 0 aliphatic rings. The zero-order chi connectivity index (χ0) is 18.1. The average molecular weight is 337 g/mol. The molecule has 1 N–H and O–H groups in total. The van der Waals surface area contributed by atoms with E-state index in [2.05, 4.69) is 23.9 Å². The highest BCUT2D eigenvalue weighted by molar-refractivity contribution is 5.68. The number of nitrogens with one attached hydrogen (secondary N) is 1. The van der Waals surface area contributed by atoms with E-state index >= 15 is 0 Å². The molecule has 1 rings (SSSR count). The minimum absolute atomic E-state index is 0.206. The normalized spacial score (nSPS) is 10.2. The lowest BCUT2D eigenvalue weighted by Gasteiger charge is -2.21. The highest BCUT2D eigenvalue weighted by Gasteiger charge is 2.13. The molecule has 0 aromatic heterocycles. The zero-order valence-corrected chi connectivity index (χ0v) is 15.0. The largest absolute Gasteiger partial charge is 0.453 e. The molecule has 0 spiro atoms. The van der Waals surface area contributed by atoms with Crippen molar-refractivity contribution in [2.45, 2.75) is 26.5 Å². The first-order valence-corrected chi connectivity index (χ1v) is 7.86. The van der Waals surface area contributed by atoms with Gasteiger partial charge in [0.1, 0.15) is 6.61 Å². The van der Waals surface area contributed by atoms with Crippen LogP contribution >= 0.6 is 0 Å². The van der Waals surface area contributed by atoms with E-state index in [1.807, 2.05) is 24.3 Å². The second-order valence-electron chi connectivity index (χ2n) is 5.86. The molecule has 0 atom stereocenters. The lowest BCUT2D eigenvalue weighted by atomic mass is 10.2. The molecular weight excluding hydrogens is 310 g/mol. The zero-order valence-electron chi connectivity index (χ0n) is 15.0. The quantitative estimate of drug-likeness (QED) is 0.828. The number of ether oxygens (including phenoxy) is 2. The van der Waals surface area contributed by atoms with Crippen LogP contribution in [0.1, 0.15) is 19.4 Å². The maximum atomic E-state index is 11.9. The van der Waals surface area contributed by atoms with Crippen molar-refractivity contribution >= 4 is 17.9 Å². The summed E-state index contributed by atoms with van der Waals surface area (Å²) in [6, 6.07) is 8.12. The SMILES string of the molecule is COC(=O)N(C)CCN(C)C(=O)OCc1ccc(NC(C)C)cc1. The molecule has 7 heteroatoms. The Balaban J connectivity index is 2.38. The number of carbonyl (C=O) groups excluding carboxylic acids is 2. The number of carbonyl (C=O) groups is 2. The summed E-state index contributed by atoms with van der Waals surface area (Å²) in [5.74, 6) is 0. The van der Waals surface area contributed by atoms with Gasteiger partial charge in [-0.3, -0.25) is 0 Å². The third kappa shape index (κ3) is 6.76. The fourth-order valence-electron chi connectivity index (χ4n) is 1.92. The van der Waals surface area contributed by atoms with Gasteiger partial charge in [0.2, 0.25) is 0 Å². The summed E-state index contributed by atoms with van der Waals surface area (Å²) in [5.41, 5.74) is 1.95. The molecule has 1 aromatic rings. The number of amides is 2. The van der Waals surface area contributed by atoms with Crippen LogP contribution in [0.4, 0.5) is 15.3 Å². The molecule has 0 heterocycles. The summed E-state index contributed by atoms with van der Waals surface area (Å²) in [6.07, 6.45) is -0.871. The fourth-order valence-corrected chi connectivity index (χ4v) is 1.92. The molecule has 0 radical (unpaired) electrons. The number of likely N-dealkylation sites (N-methyl/N-ethyl adjacent to an activating group) is 2. The van der Waals surface area contributed by atoms with Crippen molar-refractivity contribution in [1.82, 2.24) is 9.80 Å². The number of anilines is 1. The first kappa shape index (κ1) is 19.6. The number of methoxy groups -OCH3 is 1. The van der Waals surface area contributed by atoms with E-state index in [9.17, 15) is 9.59 Å². The molecule has 0 saturated carbocycles. The first-order valence-electron chi connectivity index (χ1n) is 7.86. The summed E-state index contributed by atoms with van der Waals surface area (Å²) in [7, 11) is 4.56. The van der Waals surface area contributed by atoms with Gasteiger partial charge in [-0.25, -0.2) is 9.59 Å². The van der Waals surface area contributed by atoms with E-state index in [0.717, 1.165) is 11.3 Å². The predicted molar refractivity (Wildman–Crippen MR) is 93.1 cm³/mol. The number of hydrogen-bond acceptors (Lipinski definition) is 5. The van der Waals surface area contributed by atoms with Gasteiger partial charge in [0.25, 0.3) is 0 Å².